The summed E-state index contributed by atoms with van der Waals surface area (Å²) in [4.78, 5) is 10.4. The molecule has 1 radical (unpaired) electrons. The third kappa shape index (κ3) is 2.79. The molecule has 0 amide bonds. The Labute approximate surface area is 80.2 Å². The van der Waals surface area contributed by atoms with Gasteiger partial charge in [-0.2, -0.15) is 0 Å². The molecule has 0 spiro atoms. The van der Waals surface area contributed by atoms with Crippen LogP contribution in [-0.4, -0.2) is 18.5 Å². The Morgan fingerprint density at radius 1 is 1.67 bits per heavy atom. The molecule has 3 heteroatoms. The summed E-state index contributed by atoms with van der Waals surface area (Å²) in [5.74, 6) is -0.0810. The summed E-state index contributed by atoms with van der Waals surface area (Å²) in [6, 6.07) is 0. The minimum absolute atomic E-state index is 0. The SMILES string of the molecule is [CH2-]C(=O)[C@@H]1CCCO1.[Y]. The Balaban J connectivity index is 0.000000640. The molecule has 1 aliphatic heterocycles. The van der Waals surface area contributed by atoms with Gasteiger partial charge >= 0.3 is 0 Å². The first-order valence-corrected chi connectivity index (χ1v) is 2.78. The predicted octanol–water partition coefficient (Wildman–Crippen LogP) is 0.566. The van der Waals surface area contributed by atoms with Gasteiger partial charge in [0, 0.05) is 45.1 Å². The molecule has 1 aliphatic rings. The van der Waals surface area contributed by atoms with Crippen molar-refractivity contribution in [2.75, 3.05) is 6.61 Å². The number of rotatable bonds is 1. The van der Waals surface area contributed by atoms with Crippen LogP contribution in [0.1, 0.15) is 12.8 Å². The van der Waals surface area contributed by atoms with Crippen molar-refractivity contribution in [2.24, 2.45) is 0 Å². The number of hydrogen-bond donors (Lipinski definition) is 0. The molecule has 0 N–H and O–H groups in total. The third-order valence-corrected chi connectivity index (χ3v) is 1.29. The van der Waals surface area contributed by atoms with Crippen LogP contribution in [0.3, 0.4) is 0 Å². The van der Waals surface area contributed by atoms with Crippen molar-refractivity contribution in [3.05, 3.63) is 6.92 Å². The summed E-state index contributed by atoms with van der Waals surface area (Å²) < 4.78 is 5.00. The van der Waals surface area contributed by atoms with Gasteiger partial charge in [0.25, 0.3) is 0 Å². The molecule has 1 rings (SSSR count). The smallest absolute Gasteiger partial charge is 0.0872 e. The molecule has 2 nitrogen and oxygen atoms in total. The van der Waals surface area contributed by atoms with Gasteiger partial charge in [-0.15, -0.1) is 0 Å². The van der Waals surface area contributed by atoms with Crippen LogP contribution in [0, 0.1) is 6.92 Å². The minimum Gasteiger partial charge on any atom is -0.373 e. The molecule has 1 saturated heterocycles. The van der Waals surface area contributed by atoms with Crippen molar-refractivity contribution in [3.8, 4) is 0 Å². The first-order valence-electron chi connectivity index (χ1n) is 2.78. The van der Waals surface area contributed by atoms with Crippen molar-refractivity contribution in [1.82, 2.24) is 0 Å². The Morgan fingerprint density at radius 2 is 2.33 bits per heavy atom. The van der Waals surface area contributed by atoms with Crippen molar-refractivity contribution in [3.63, 3.8) is 0 Å². The normalized spacial score (nSPS) is 25.1. The summed E-state index contributed by atoms with van der Waals surface area (Å²) in [5, 5.41) is 0. The average Bonchev–Trinajstić information content (AvgIpc) is 2.12. The fourth-order valence-electron chi connectivity index (χ4n) is 0.832. The fraction of sp³-hybridized carbons (Fsp3) is 0.667. The van der Waals surface area contributed by atoms with Crippen molar-refractivity contribution in [1.29, 1.82) is 0 Å². The predicted molar refractivity (Wildman–Crippen MR) is 29.3 cm³/mol. The molecular formula is C6H9O2Y-. The molecule has 1 fully saturated rings. The molecule has 0 aromatic rings. The topological polar surface area (TPSA) is 26.3 Å². The molecule has 0 unspecified atom stereocenters. The molecule has 0 aromatic carbocycles. The monoisotopic (exact) mass is 202 g/mol. The van der Waals surface area contributed by atoms with Gasteiger partial charge in [-0.3, -0.25) is 0 Å². The van der Waals surface area contributed by atoms with Crippen LogP contribution < -0.4 is 0 Å². The van der Waals surface area contributed by atoms with E-state index in [-0.39, 0.29) is 44.6 Å². The van der Waals surface area contributed by atoms with E-state index in [0.717, 1.165) is 19.4 Å². The van der Waals surface area contributed by atoms with Crippen LogP contribution >= 0.6 is 0 Å². The zero-order chi connectivity index (χ0) is 5.98. The van der Waals surface area contributed by atoms with E-state index in [4.69, 9.17) is 4.74 Å². The second kappa shape index (κ2) is 4.42. The third-order valence-electron chi connectivity index (χ3n) is 1.29. The summed E-state index contributed by atoms with van der Waals surface area (Å²) >= 11 is 0. The molecule has 0 bridgehead atoms. The largest absolute Gasteiger partial charge is 0.373 e. The van der Waals surface area contributed by atoms with E-state index in [0.29, 0.717) is 0 Å². The van der Waals surface area contributed by atoms with Crippen LogP contribution in [0.25, 0.3) is 0 Å². The number of carbonyl (C=O) groups is 1. The Hall–Kier alpha value is 0.604. The Kier molecular flexibility index (Phi) is 4.72. The second-order valence-electron chi connectivity index (χ2n) is 1.97. The van der Waals surface area contributed by atoms with Gasteiger partial charge in [0.2, 0.25) is 0 Å². The summed E-state index contributed by atoms with van der Waals surface area (Å²) in [7, 11) is 0. The number of carbonyl (C=O) groups excluding carboxylic acids is 1. The maximum Gasteiger partial charge on any atom is 0.0872 e. The first-order chi connectivity index (χ1) is 3.80. The first kappa shape index (κ1) is 9.60. The fourth-order valence-corrected chi connectivity index (χ4v) is 0.832. The van der Waals surface area contributed by atoms with Crippen molar-refractivity contribution < 1.29 is 42.2 Å². The van der Waals surface area contributed by atoms with Gasteiger partial charge in [0.1, 0.15) is 0 Å². The standard InChI is InChI=1S/C6H9O2.Y/c1-5(7)6-3-2-4-8-6;/h6H,1-4H2;/q-1;/t6-;/m0./s1. The molecule has 1 atom stereocenters. The zero-order valence-electron chi connectivity index (χ0n) is 5.30. The summed E-state index contributed by atoms with van der Waals surface area (Å²) in [6.07, 6.45) is 1.68. The molecule has 0 saturated carbocycles. The molecular weight excluding hydrogens is 193 g/mol. The van der Waals surface area contributed by atoms with Crippen molar-refractivity contribution in [2.45, 2.75) is 18.9 Å². The second-order valence-corrected chi connectivity index (χ2v) is 1.97. The summed E-state index contributed by atoms with van der Waals surface area (Å²) in [5.41, 5.74) is 0. The molecule has 9 heavy (non-hydrogen) atoms. The molecule has 0 aliphatic carbocycles. The van der Waals surface area contributed by atoms with Crippen LogP contribution in [0.4, 0.5) is 0 Å². The van der Waals surface area contributed by atoms with Crippen LogP contribution in [0.2, 0.25) is 0 Å². The number of hydrogen-bond acceptors (Lipinski definition) is 2. The van der Waals surface area contributed by atoms with E-state index in [9.17, 15) is 4.79 Å². The van der Waals surface area contributed by atoms with Crippen LogP contribution in [0.15, 0.2) is 0 Å². The van der Waals surface area contributed by atoms with Gasteiger partial charge in [0.15, 0.2) is 0 Å². The van der Waals surface area contributed by atoms with E-state index in [2.05, 4.69) is 6.92 Å². The van der Waals surface area contributed by atoms with Crippen molar-refractivity contribution >= 4 is 5.78 Å². The zero-order valence-corrected chi connectivity index (χ0v) is 8.14. The quantitative estimate of drug-likeness (QED) is 0.581. The molecule has 1 heterocycles. The van der Waals surface area contributed by atoms with Crippen LogP contribution in [0.5, 0.6) is 0 Å². The van der Waals surface area contributed by atoms with Gasteiger partial charge in [-0.05, 0) is 12.8 Å². The van der Waals surface area contributed by atoms with E-state index in [1.807, 2.05) is 0 Å². The maximum atomic E-state index is 10.4. The van der Waals surface area contributed by atoms with E-state index in [1.54, 1.807) is 0 Å². The number of Topliss-reactive ketones (excluding diaryl/α,β-unsaturated/α-hetero) is 1. The number of ketones is 1. The molecule has 0 aromatic heterocycles. The van der Waals surface area contributed by atoms with Gasteiger partial charge in [-0.25, -0.2) is 0 Å². The van der Waals surface area contributed by atoms with Gasteiger partial charge in [-0.1, -0.05) is 0 Å². The van der Waals surface area contributed by atoms with Gasteiger partial charge in [0.05, 0.1) is 6.10 Å². The number of ether oxygens (including phenoxy) is 1. The van der Waals surface area contributed by atoms with E-state index >= 15 is 0 Å². The average molecular weight is 202 g/mol. The van der Waals surface area contributed by atoms with E-state index < -0.39 is 0 Å². The van der Waals surface area contributed by atoms with Crippen LogP contribution in [-0.2, 0) is 42.2 Å². The Bertz CT molecular complexity index is 97.2. The maximum absolute atomic E-state index is 10.4. The summed E-state index contributed by atoms with van der Waals surface area (Å²) in [6.45, 7) is 3.98. The Morgan fingerprint density at radius 3 is 2.56 bits per heavy atom. The molecule has 49 valence electrons. The van der Waals surface area contributed by atoms with E-state index in [1.165, 1.54) is 0 Å². The van der Waals surface area contributed by atoms with Gasteiger partial charge < -0.3 is 16.5 Å². The minimum atomic E-state index is -0.185.